The van der Waals surface area contributed by atoms with Crippen LogP contribution in [0.2, 0.25) is 0 Å². The van der Waals surface area contributed by atoms with E-state index in [4.69, 9.17) is 9.31 Å². The topological polar surface area (TPSA) is 21.7 Å². The molecule has 1 aliphatic heterocycles. The van der Waals surface area contributed by atoms with E-state index in [1.165, 1.54) is 71.9 Å². The van der Waals surface area contributed by atoms with Gasteiger partial charge < -0.3 is 14.2 Å². The third-order valence-electron chi connectivity index (χ3n) is 11.6. The first kappa shape index (κ1) is 34.3. The normalized spacial score (nSPS) is 18.6. The summed E-state index contributed by atoms with van der Waals surface area (Å²) < 4.78 is 13.1. The van der Waals surface area contributed by atoms with Crippen molar-refractivity contribution < 1.29 is 9.31 Å². The van der Waals surface area contributed by atoms with E-state index < -0.39 is 0 Å². The molecular formula is C46H52BNO2. The number of para-hydroxylation sites is 2. The van der Waals surface area contributed by atoms with Gasteiger partial charge in [0.2, 0.25) is 0 Å². The van der Waals surface area contributed by atoms with E-state index >= 15 is 0 Å². The highest BCUT2D eigenvalue weighted by molar-refractivity contribution is 6.62. The maximum Gasteiger partial charge on any atom is 0.494 e. The molecule has 0 amide bonds. The van der Waals surface area contributed by atoms with Gasteiger partial charge in [0.15, 0.2) is 0 Å². The van der Waals surface area contributed by atoms with E-state index in [9.17, 15) is 0 Å². The lowest BCUT2D eigenvalue weighted by molar-refractivity contribution is 0.00578. The molecule has 1 atom stereocenters. The summed E-state index contributed by atoms with van der Waals surface area (Å²) in [6.45, 7) is 13.3. The fraction of sp³-hybridized carbons (Fsp3) is 0.348. The Morgan fingerprint density at radius 3 is 1.62 bits per heavy atom. The van der Waals surface area contributed by atoms with Gasteiger partial charge in [-0.15, -0.1) is 0 Å². The molecule has 3 nitrogen and oxygen atoms in total. The van der Waals surface area contributed by atoms with Crippen molar-refractivity contribution in [1.29, 1.82) is 0 Å². The van der Waals surface area contributed by atoms with Gasteiger partial charge in [0.25, 0.3) is 0 Å². The number of nitrogens with zero attached hydrogens (tertiary/aromatic N) is 1. The second kappa shape index (κ2) is 13.9. The number of anilines is 3. The molecule has 0 aromatic heterocycles. The average Bonchev–Trinajstić information content (AvgIpc) is 3.51. The molecule has 256 valence electrons. The van der Waals surface area contributed by atoms with E-state index in [0.29, 0.717) is 0 Å². The Morgan fingerprint density at radius 1 is 0.520 bits per heavy atom. The molecule has 0 bridgehead atoms. The fourth-order valence-electron chi connectivity index (χ4n) is 7.87. The molecule has 1 fully saturated rings. The van der Waals surface area contributed by atoms with Gasteiger partial charge in [-0.2, -0.15) is 0 Å². The zero-order valence-corrected chi connectivity index (χ0v) is 30.8. The lowest BCUT2D eigenvalue weighted by Crippen LogP contribution is -2.41. The van der Waals surface area contributed by atoms with E-state index in [2.05, 4.69) is 168 Å². The van der Waals surface area contributed by atoms with Crippen LogP contribution in [0.15, 0.2) is 121 Å². The van der Waals surface area contributed by atoms with Crippen LogP contribution in [0.4, 0.5) is 17.1 Å². The Balaban J connectivity index is 1.22. The minimum atomic E-state index is -0.370. The molecule has 50 heavy (non-hydrogen) atoms. The highest BCUT2D eigenvalue weighted by Gasteiger charge is 2.52. The van der Waals surface area contributed by atoms with E-state index in [0.717, 1.165) is 28.9 Å². The van der Waals surface area contributed by atoms with Crippen LogP contribution >= 0.6 is 0 Å². The van der Waals surface area contributed by atoms with Gasteiger partial charge in [0.05, 0.1) is 11.2 Å². The summed E-state index contributed by atoms with van der Waals surface area (Å²) in [5.41, 5.74) is 11.7. The molecule has 1 heterocycles. The number of hydrogen-bond acceptors (Lipinski definition) is 3. The molecule has 0 spiro atoms. The summed E-state index contributed by atoms with van der Waals surface area (Å²) in [5.74, 6) is 0. The Morgan fingerprint density at radius 2 is 1.02 bits per heavy atom. The lowest BCUT2D eigenvalue weighted by atomic mass is 9.72. The first-order chi connectivity index (χ1) is 24.1. The predicted octanol–water partition coefficient (Wildman–Crippen LogP) is 12.2. The standard InChI is InChI=1S/C46H52BNO2/c1-7-8-9-10-11-18-31-46(6)42-32-35(25-29-40(42)41-30-26-36(33-43(41)46)47-49-44(2,3)45(4,5)50-47)34-23-27-39(28-24-34)48(37-19-14-12-15-20-37)38-21-16-13-17-22-38/h12-17,19-30,32-33H,7-11,18,31H2,1-6H3. The smallest absolute Gasteiger partial charge is 0.399 e. The number of fused-ring (bicyclic) bond motifs is 3. The molecule has 1 aliphatic carbocycles. The van der Waals surface area contributed by atoms with Crippen LogP contribution < -0.4 is 10.4 Å². The molecule has 4 heteroatoms. The SMILES string of the molecule is CCCCCCCCC1(C)c2cc(B3OC(C)(C)C(C)(C)O3)ccc2-c2ccc(-c3ccc(N(c4ccccc4)c4ccccc4)cc3)cc21. The predicted molar refractivity (Wildman–Crippen MR) is 212 cm³/mol. The molecule has 0 N–H and O–H groups in total. The van der Waals surface area contributed by atoms with E-state index in [1.54, 1.807) is 0 Å². The Hall–Kier alpha value is -4.12. The van der Waals surface area contributed by atoms with Crippen molar-refractivity contribution in [3.05, 3.63) is 132 Å². The summed E-state index contributed by atoms with van der Waals surface area (Å²) in [6, 6.07) is 44.3. The van der Waals surface area contributed by atoms with Crippen molar-refractivity contribution >= 4 is 29.6 Å². The van der Waals surface area contributed by atoms with Crippen LogP contribution in [0, 0.1) is 0 Å². The third-order valence-corrected chi connectivity index (χ3v) is 11.6. The van der Waals surface area contributed by atoms with Gasteiger partial charge in [0.1, 0.15) is 0 Å². The Bertz CT molecular complexity index is 1860. The van der Waals surface area contributed by atoms with Gasteiger partial charge in [-0.1, -0.05) is 131 Å². The van der Waals surface area contributed by atoms with Crippen LogP contribution in [-0.4, -0.2) is 18.3 Å². The second-order valence-electron chi connectivity index (χ2n) is 15.6. The van der Waals surface area contributed by atoms with Crippen LogP contribution in [-0.2, 0) is 14.7 Å². The van der Waals surface area contributed by atoms with Gasteiger partial charge in [-0.25, -0.2) is 0 Å². The number of benzene rings is 5. The van der Waals surface area contributed by atoms with Gasteiger partial charge >= 0.3 is 7.12 Å². The third kappa shape index (κ3) is 6.45. The van der Waals surface area contributed by atoms with Gasteiger partial charge in [-0.3, -0.25) is 0 Å². The molecule has 2 aliphatic rings. The van der Waals surface area contributed by atoms with Crippen molar-refractivity contribution in [2.75, 3.05) is 4.90 Å². The van der Waals surface area contributed by atoms with Crippen molar-refractivity contribution in [3.63, 3.8) is 0 Å². The first-order valence-corrected chi connectivity index (χ1v) is 18.8. The van der Waals surface area contributed by atoms with Crippen molar-refractivity contribution in [1.82, 2.24) is 0 Å². The second-order valence-corrected chi connectivity index (χ2v) is 15.6. The Labute approximate surface area is 300 Å². The molecular weight excluding hydrogens is 609 g/mol. The molecule has 0 saturated carbocycles. The van der Waals surface area contributed by atoms with Crippen LogP contribution in [0.1, 0.15) is 97.6 Å². The Kier molecular flexibility index (Phi) is 9.54. The summed E-state index contributed by atoms with van der Waals surface area (Å²) in [5, 5.41) is 0. The van der Waals surface area contributed by atoms with Crippen LogP contribution in [0.3, 0.4) is 0 Å². The van der Waals surface area contributed by atoms with E-state index in [1.807, 2.05) is 0 Å². The largest absolute Gasteiger partial charge is 0.494 e. The lowest BCUT2D eigenvalue weighted by Gasteiger charge is -2.32. The summed E-state index contributed by atoms with van der Waals surface area (Å²) in [4.78, 5) is 2.32. The number of hydrogen-bond donors (Lipinski definition) is 0. The highest BCUT2D eigenvalue weighted by Crippen LogP contribution is 2.52. The summed E-state index contributed by atoms with van der Waals surface area (Å²) in [6.07, 6.45) is 8.87. The maximum atomic E-state index is 6.53. The minimum Gasteiger partial charge on any atom is -0.399 e. The van der Waals surface area contributed by atoms with Gasteiger partial charge in [0, 0.05) is 22.5 Å². The number of unbranched alkanes of at least 4 members (excludes halogenated alkanes) is 5. The van der Waals surface area contributed by atoms with Gasteiger partial charge in [-0.05, 0) is 115 Å². The van der Waals surface area contributed by atoms with Crippen molar-refractivity contribution in [2.24, 2.45) is 0 Å². The van der Waals surface area contributed by atoms with Crippen molar-refractivity contribution in [2.45, 2.75) is 103 Å². The van der Waals surface area contributed by atoms with Crippen LogP contribution in [0.25, 0.3) is 22.3 Å². The van der Waals surface area contributed by atoms with E-state index in [-0.39, 0.29) is 23.7 Å². The molecule has 5 aromatic carbocycles. The first-order valence-electron chi connectivity index (χ1n) is 18.8. The van der Waals surface area contributed by atoms with Crippen molar-refractivity contribution in [3.8, 4) is 22.3 Å². The minimum absolute atomic E-state index is 0.0948. The zero-order chi connectivity index (χ0) is 34.9. The highest BCUT2D eigenvalue weighted by atomic mass is 16.7. The van der Waals surface area contributed by atoms with Crippen LogP contribution in [0.5, 0.6) is 0 Å². The maximum absolute atomic E-state index is 6.53. The molecule has 1 unspecified atom stereocenters. The molecule has 1 saturated heterocycles. The number of rotatable bonds is 12. The quantitative estimate of drug-likeness (QED) is 0.0981. The fourth-order valence-corrected chi connectivity index (χ4v) is 7.87. The zero-order valence-electron chi connectivity index (χ0n) is 30.8. The summed E-state index contributed by atoms with van der Waals surface area (Å²) in [7, 11) is -0.368. The monoisotopic (exact) mass is 661 g/mol. The molecule has 0 radical (unpaired) electrons. The average molecular weight is 662 g/mol. The molecule has 5 aromatic rings. The summed E-state index contributed by atoms with van der Waals surface area (Å²) >= 11 is 0. The molecule has 7 rings (SSSR count).